The van der Waals surface area contributed by atoms with Gasteiger partial charge in [0.05, 0.1) is 6.61 Å². The summed E-state index contributed by atoms with van der Waals surface area (Å²) < 4.78 is 12.5. The maximum Gasteiger partial charge on any atom is 0.165 e. The number of aliphatic hydroxyl groups is 1. The van der Waals surface area contributed by atoms with Gasteiger partial charge in [-0.1, -0.05) is 11.6 Å². The fraction of sp³-hybridized carbons (Fsp3) is 0.143. The van der Waals surface area contributed by atoms with E-state index in [1.807, 2.05) is 0 Å². The highest BCUT2D eigenvalue weighted by Gasteiger charge is 2.05. The second-order valence-electron chi connectivity index (χ2n) is 2.05. The molecule has 1 aromatic carbocycles. The summed E-state index contributed by atoms with van der Waals surface area (Å²) in [6, 6.07) is 2.06. The maximum atomic E-state index is 12.5. The number of hydrogen-bond acceptors (Lipinski definition) is 2. The predicted molar refractivity (Wildman–Crippen MR) is 39.0 cm³/mol. The number of halogens is 2. The Balaban J connectivity index is 3.21. The standard InChI is InChI=1S/C7H6ClFO2/c8-5-2-7(11)6(9)1-4(5)3-10/h1-2,10-11H,3H2. The minimum Gasteiger partial charge on any atom is -0.505 e. The van der Waals surface area contributed by atoms with E-state index in [0.29, 0.717) is 0 Å². The van der Waals surface area contributed by atoms with Crippen LogP contribution < -0.4 is 0 Å². The van der Waals surface area contributed by atoms with Gasteiger partial charge in [0.1, 0.15) is 0 Å². The van der Waals surface area contributed by atoms with Crippen molar-refractivity contribution in [1.82, 2.24) is 0 Å². The average Bonchev–Trinajstić information content (AvgIpc) is 1.97. The number of rotatable bonds is 1. The SMILES string of the molecule is OCc1cc(F)c(O)cc1Cl. The summed E-state index contributed by atoms with van der Waals surface area (Å²) in [7, 11) is 0. The molecule has 0 aliphatic heterocycles. The monoisotopic (exact) mass is 176 g/mol. The van der Waals surface area contributed by atoms with Crippen molar-refractivity contribution in [3.8, 4) is 5.75 Å². The van der Waals surface area contributed by atoms with Crippen LogP contribution in [0.5, 0.6) is 5.75 Å². The van der Waals surface area contributed by atoms with Crippen LogP contribution in [0.1, 0.15) is 5.56 Å². The summed E-state index contributed by atoms with van der Waals surface area (Å²) >= 11 is 5.51. The number of aliphatic hydroxyl groups excluding tert-OH is 1. The lowest BCUT2D eigenvalue weighted by Crippen LogP contribution is -1.87. The van der Waals surface area contributed by atoms with Crippen molar-refractivity contribution in [3.63, 3.8) is 0 Å². The lowest BCUT2D eigenvalue weighted by atomic mass is 10.2. The maximum absolute atomic E-state index is 12.5. The summed E-state index contributed by atoms with van der Waals surface area (Å²) in [6.45, 7) is -0.337. The highest BCUT2D eigenvalue weighted by molar-refractivity contribution is 6.31. The van der Waals surface area contributed by atoms with Gasteiger partial charge >= 0.3 is 0 Å². The molecule has 1 aromatic rings. The van der Waals surface area contributed by atoms with Crippen LogP contribution in [0.3, 0.4) is 0 Å². The zero-order chi connectivity index (χ0) is 8.43. The second-order valence-corrected chi connectivity index (χ2v) is 2.46. The molecule has 0 bridgehead atoms. The van der Waals surface area contributed by atoms with Crippen molar-refractivity contribution >= 4 is 11.6 Å². The fourth-order valence-corrected chi connectivity index (χ4v) is 0.916. The molecule has 0 amide bonds. The van der Waals surface area contributed by atoms with E-state index in [2.05, 4.69) is 0 Å². The molecule has 0 heterocycles. The third-order valence-electron chi connectivity index (χ3n) is 1.29. The summed E-state index contributed by atoms with van der Waals surface area (Å²) in [4.78, 5) is 0. The van der Waals surface area contributed by atoms with Crippen LogP contribution in [0.15, 0.2) is 12.1 Å². The molecule has 2 nitrogen and oxygen atoms in total. The smallest absolute Gasteiger partial charge is 0.165 e. The number of aromatic hydroxyl groups is 1. The molecule has 0 unspecified atom stereocenters. The van der Waals surface area contributed by atoms with E-state index < -0.39 is 11.6 Å². The number of phenolic OH excluding ortho intramolecular Hbond substituents is 1. The first-order valence-electron chi connectivity index (χ1n) is 2.93. The second kappa shape index (κ2) is 3.07. The lowest BCUT2D eigenvalue weighted by molar-refractivity contribution is 0.281. The van der Waals surface area contributed by atoms with Gasteiger partial charge in [-0.3, -0.25) is 0 Å². The van der Waals surface area contributed by atoms with E-state index in [4.69, 9.17) is 21.8 Å². The Morgan fingerprint density at radius 1 is 1.45 bits per heavy atom. The molecule has 2 N–H and O–H groups in total. The Morgan fingerprint density at radius 2 is 2.09 bits per heavy atom. The molecular formula is C7H6ClFO2. The Kier molecular flexibility index (Phi) is 2.31. The molecule has 0 aromatic heterocycles. The van der Waals surface area contributed by atoms with E-state index in [-0.39, 0.29) is 17.2 Å². The molecule has 0 fully saturated rings. The predicted octanol–water partition coefficient (Wildman–Crippen LogP) is 1.68. The van der Waals surface area contributed by atoms with Crippen LogP contribution in [0.2, 0.25) is 5.02 Å². The van der Waals surface area contributed by atoms with Gasteiger partial charge in [-0.2, -0.15) is 0 Å². The molecule has 0 radical (unpaired) electrons. The van der Waals surface area contributed by atoms with Gasteiger partial charge in [-0.25, -0.2) is 4.39 Å². The van der Waals surface area contributed by atoms with Gasteiger partial charge in [0.2, 0.25) is 0 Å². The van der Waals surface area contributed by atoms with Gasteiger partial charge in [0.25, 0.3) is 0 Å². The molecule has 0 aliphatic rings. The van der Waals surface area contributed by atoms with Crippen LogP contribution in [0.4, 0.5) is 4.39 Å². The molecule has 0 aliphatic carbocycles. The zero-order valence-electron chi connectivity index (χ0n) is 5.51. The van der Waals surface area contributed by atoms with Gasteiger partial charge in [0, 0.05) is 11.1 Å². The molecule has 0 spiro atoms. The summed E-state index contributed by atoms with van der Waals surface area (Å²) in [5.41, 5.74) is 0.266. The highest BCUT2D eigenvalue weighted by Crippen LogP contribution is 2.24. The molecule has 0 saturated heterocycles. The van der Waals surface area contributed by atoms with Crippen LogP contribution in [0.25, 0.3) is 0 Å². The van der Waals surface area contributed by atoms with E-state index in [1.165, 1.54) is 0 Å². The summed E-state index contributed by atoms with van der Waals surface area (Å²) in [6.07, 6.45) is 0. The first-order valence-corrected chi connectivity index (χ1v) is 3.30. The normalized spacial score (nSPS) is 10.1. The van der Waals surface area contributed by atoms with Crippen molar-refractivity contribution in [1.29, 1.82) is 0 Å². The Labute approximate surface area is 67.9 Å². The molecule has 0 saturated carbocycles. The van der Waals surface area contributed by atoms with Crippen molar-refractivity contribution in [2.75, 3.05) is 0 Å². The largest absolute Gasteiger partial charge is 0.505 e. The highest BCUT2D eigenvalue weighted by atomic mass is 35.5. The fourth-order valence-electron chi connectivity index (χ4n) is 0.699. The molecule has 11 heavy (non-hydrogen) atoms. The van der Waals surface area contributed by atoms with Gasteiger partial charge < -0.3 is 10.2 Å². The van der Waals surface area contributed by atoms with E-state index >= 15 is 0 Å². The Hall–Kier alpha value is -0.800. The van der Waals surface area contributed by atoms with Crippen molar-refractivity contribution in [2.45, 2.75) is 6.61 Å². The van der Waals surface area contributed by atoms with E-state index in [1.54, 1.807) is 0 Å². The molecule has 60 valence electrons. The first-order chi connectivity index (χ1) is 5.15. The number of hydrogen-bond donors (Lipinski definition) is 2. The Bertz CT molecular complexity index is 275. The molecular weight excluding hydrogens is 171 g/mol. The topological polar surface area (TPSA) is 40.5 Å². The third-order valence-corrected chi connectivity index (χ3v) is 1.64. The van der Waals surface area contributed by atoms with E-state index in [9.17, 15) is 4.39 Å². The molecule has 1 rings (SSSR count). The zero-order valence-corrected chi connectivity index (χ0v) is 6.27. The quantitative estimate of drug-likeness (QED) is 0.684. The van der Waals surface area contributed by atoms with E-state index in [0.717, 1.165) is 12.1 Å². The van der Waals surface area contributed by atoms with Crippen molar-refractivity contribution < 1.29 is 14.6 Å². The van der Waals surface area contributed by atoms with Crippen LogP contribution in [-0.2, 0) is 6.61 Å². The lowest BCUT2D eigenvalue weighted by Gasteiger charge is -2.01. The first kappa shape index (κ1) is 8.30. The van der Waals surface area contributed by atoms with Crippen molar-refractivity contribution in [2.24, 2.45) is 0 Å². The molecule has 0 atom stereocenters. The van der Waals surface area contributed by atoms with Crippen LogP contribution in [-0.4, -0.2) is 10.2 Å². The summed E-state index contributed by atoms with van der Waals surface area (Å²) in [5, 5.41) is 17.5. The third kappa shape index (κ3) is 1.61. The van der Waals surface area contributed by atoms with Crippen LogP contribution in [0, 0.1) is 5.82 Å². The van der Waals surface area contributed by atoms with Gasteiger partial charge in [-0.15, -0.1) is 0 Å². The number of benzene rings is 1. The average molecular weight is 177 g/mol. The van der Waals surface area contributed by atoms with Gasteiger partial charge in [-0.05, 0) is 11.6 Å². The molecule has 4 heteroatoms. The van der Waals surface area contributed by atoms with Crippen LogP contribution >= 0.6 is 11.6 Å². The Morgan fingerprint density at radius 3 is 2.64 bits per heavy atom. The van der Waals surface area contributed by atoms with Gasteiger partial charge in [0.15, 0.2) is 11.6 Å². The number of phenols is 1. The van der Waals surface area contributed by atoms with Crippen molar-refractivity contribution in [3.05, 3.63) is 28.5 Å². The minimum atomic E-state index is -0.779. The summed E-state index contributed by atoms with van der Waals surface area (Å²) in [5.74, 6) is -1.29. The minimum absolute atomic E-state index is 0.159.